The van der Waals surface area contributed by atoms with E-state index in [9.17, 15) is 10.1 Å². The fourth-order valence-electron chi connectivity index (χ4n) is 0.735. The molecule has 0 unspecified atom stereocenters. The predicted molar refractivity (Wildman–Crippen MR) is 38.5 cm³/mol. The van der Waals surface area contributed by atoms with Gasteiger partial charge in [-0.3, -0.25) is 0 Å². The van der Waals surface area contributed by atoms with Crippen molar-refractivity contribution >= 4 is 26.9 Å². The molecule has 0 fully saturated rings. The van der Waals surface area contributed by atoms with Crippen molar-refractivity contribution in [1.29, 1.82) is 0 Å². The van der Waals surface area contributed by atoms with Crippen molar-refractivity contribution in [3.8, 4) is 0 Å². The maximum atomic E-state index is 10.2. The van der Waals surface area contributed by atoms with Gasteiger partial charge in [-0.25, -0.2) is 0 Å². The number of nitro groups is 1. The van der Waals surface area contributed by atoms with Crippen molar-refractivity contribution in [2.75, 3.05) is 0 Å². The Labute approximate surface area is 64.4 Å². The Bertz CT molecular complexity index is 376. The Hall–Kier alpha value is -1.43. The van der Waals surface area contributed by atoms with Crippen LogP contribution in [0.3, 0.4) is 0 Å². The van der Waals surface area contributed by atoms with Gasteiger partial charge < -0.3 is 14.5 Å². The fraction of sp³-hybridized carbons (Fsp3) is 0. The summed E-state index contributed by atoms with van der Waals surface area (Å²) in [6.45, 7) is 0. The average molecular weight is 170 g/mol. The first-order valence-electron chi connectivity index (χ1n) is 2.76. The van der Waals surface area contributed by atoms with Crippen LogP contribution in [0.2, 0.25) is 0 Å². The zero-order chi connectivity index (χ0) is 7.84. The van der Waals surface area contributed by atoms with E-state index in [4.69, 9.17) is 4.42 Å². The van der Waals surface area contributed by atoms with Crippen molar-refractivity contribution in [3.63, 3.8) is 0 Å². The normalized spacial score (nSPS) is 10.5. The minimum absolute atomic E-state index is 0.126. The van der Waals surface area contributed by atoms with Gasteiger partial charge in [-0.1, -0.05) is 0 Å². The van der Waals surface area contributed by atoms with Crippen LogP contribution in [-0.4, -0.2) is 9.91 Å². The van der Waals surface area contributed by atoms with Crippen molar-refractivity contribution < 1.29 is 9.34 Å². The summed E-state index contributed by atoms with van der Waals surface area (Å²) >= 11 is 1.01. The molecule has 0 saturated heterocycles. The van der Waals surface area contributed by atoms with Crippen molar-refractivity contribution in [2.24, 2.45) is 0 Å². The van der Waals surface area contributed by atoms with Crippen molar-refractivity contribution in [2.45, 2.75) is 0 Å². The van der Waals surface area contributed by atoms with Gasteiger partial charge in [0.2, 0.25) is 0 Å². The van der Waals surface area contributed by atoms with Gasteiger partial charge in [-0.05, 0) is 22.3 Å². The largest absolute Gasteiger partial charge is 0.427 e. The van der Waals surface area contributed by atoms with E-state index in [-0.39, 0.29) is 5.13 Å². The zero-order valence-corrected chi connectivity index (χ0v) is 6.00. The van der Waals surface area contributed by atoms with Crippen LogP contribution >= 0.6 is 11.3 Å². The van der Waals surface area contributed by atoms with Crippen LogP contribution in [0.5, 0.6) is 0 Å². The summed E-state index contributed by atoms with van der Waals surface area (Å²) in [7, 11) is 0. The predicted octanol–water partition coefficient (Wildman–Crippen LogP) is 1.80. The SMILES string of the molecule is O=[N+]([O-])c1nc2occc2s1. The Kier molecular flexibility index (Phi) is 1.16. The Morgan fingerprint density at radius 1 is 1.73 bits per heavy atom. The average Bonchev–Trinajstić information content (AvgIpc) is 2.40. The Morgan fingerprint density at radius 3 is 3.18 bits per heavy atom. The number of rotatable bonds is 1. The first kappa shape index (κ1) is 6.29. The van der Waals surface area contributed by atoms with Crippen molar-refractivity contribution in [1.82, 2.24) is 4.98 Å². The number of thiazole rings is 1. The van der Waals surface area contributed by atoms with Gasteiger partial charge in [0.1, 0.15) is 4.70 Å². The second-order valence-corrected chi connectivity index (χ2v) is 2.85. The molecule has 0 aliphatic heterocycles. The summed E-state index contributed by atoms with van der Waals surface area (Å²) in [6, 6.07) is 1.65. The van der Waals surface area contributed by atoms with Crippen LogP contribution in [0, 0.1) is 10.1 Å². The van der Waals surface area contributed by atoms with Crippen LogP contribution in [0.1, 0.15) is 0 Å². The summed E-state index contributed by atoms with van der Waals surface area (Å²) in [5.41, 5.74) is 0.335. The van der Waals surface area contributed by atoms with Crippen LogP contribution in [0.15, 0.2) is 16.7 Å². The molecular formula is C5H2N2O3S. The molecule has 11 heavy (non-hydrogen) atoms. The van der Waals surface area contributed by atoms with Gasteiger partial charge >= 0.3 is 10.8 Å². The fourth-order valence-corrected chi connectivity index (χ4v) is 1.44. The molecule has 2 rings (SSSR count). The maximum absolute atomic E-state index is 10.2. The highest BCUT2D eigenvalue weighted by atomic mass is 32.1. The highest BCUT2D eigenvalue weighted by molar-refractivity contribution is 7.21. The molecule has 0 bridgehead atoms. The highest BCUT2D eigenvalue weighted by Gasteiger charge is 2.16. The Balaban J connectivity index is 2.67. The molecule has 0 saturated carbocycles. The lowest BCUT2D eigenvalue weighted by Gasteiger charge is -1.80. The minimum Gasteiger partial charge on any atom is -0.427 e. The third kappa shape index (κ3) is 0.874. The van der Waals surface area contributed by atoms with Crippen LogP contribution in [0.25, 0.3) is 10.4 Å². The first-order chi connectivity index (χ1) is 5.27. The van der Waals surface area contributed by atoms with Gasteiger partial charge in [-0.15, -0.1) is 0 Å². The maximum Gasteiger partial charge on any atom is 0.427 e. The molecule has 0 aliphatic rings. The number of hydrogen-bond acceptors (Lipinski definition) is 5. The number of hydrogen-bond donors (Lipinski definition) is 0. The minimum atomic E-state index is -0.528. The second-order valence-electron chi connectivity index (χ2n) is 1.84. The molecule has 2 aromatic heterocycles. The summed E-state index contributed by atoms with van der Waals surface area (Å²) in [5.74, 6) is 0. The number of furan rings is 1. The molecule has 6 heteroatoms. The van der Waals surface area contributed by atoms with Crippen LogP contribution in [0.4, 0.5) is 5.13 Å². The van der Waals surface area contributed by atoms with E-state index in [1.165, 1.54) is 6.26 Å². The molecule has 2 heterocycles. The molecule has 0 aromatic carbocycles. The molecule has 2 aromatic rings. The van der Waals surface area contributed by atoms with Crippen LogP contribution < -0.4 is 0 Å². The van der Waals surface area contributed by atoms with Gasteiger partial charge in [0.15, 0.2) is 0 Å². The summed E-state index contributed by atoms with van der Waals surface area (Å²) in [4.78, 5) is 13.3. The van der Waals surface area contributed by atoms with E-state index in [1.807, 2.05) is 0 Å². The van der Waals surface area contributed by atoms with E-state index < -0.39 is 4.92 Å². The molecule has 0 aliphatic carbocycles. The lowest BCUT2D eigenvalue weighted by atomic mass is 10.6. The molecule has 5 nitrogen and oxygen atoms in total. The molecule has 0 amide bonds. The smallest absolute Gasteiger partial charge is 0.427 e. The van der Waals surface area contributed by atoms with E-state index in [0.29, 0.717) is 10.4 Å². The van der Waals surface area contributed by atoms with E-state index in [1.54, 1.807) is 6.07 Å². The van der Waals surface area contributed by atoms with Crippen molar-refractivity contribution in [3.05, 3.63) is 22.4 Å². The van der Waals surface area contributed by atoms with Gasteiger partial charge in [0.05, 0.1) is 6.26 Å². The van der Waals surface area contributed by atoms with E-state index in [0.717, 1.165) is 11.3 Å². The molecule has 0 radical (unpaired) electrons. The third-order valence-electron chi connectivity index (χ3n) is 1.16. The first-order valence-corrected chi connectivity index (χ1v) is 3.57. The molecule has 0 atom stereocenters. The number of fused-ring (bicyclic) bond motifs is 1. The molecule has 0 spiro atoms. The molecule has 56 valence electrons. The summed E-state index contributed by atoms with van der Waals surface area (Å²) < 4.78 is 5.55. The topological polar surface area (TPSA) is 69.2 Å². The number of nitrogens with zero attached hydrogens (tertiary/aromatic N) is 2. The number of aromatic nitrogens is 1. The summed E-state index contributed by atoms with van der Waals surface area (Å²) in [6.07, 6.45) is 1.46. The third-order valence-corrected chi connectivity index (χ3v) is 2.12. The van der Waals surface area contributed by atoms with E-state index >= 15 is 0 Å². The van der Waals surface area contributed by atoms with Gasteiger partial charge in [0, 0.05) is 4.98 Å². The quantitative estimate of drug-likeness (QED) is 0.483. The monoisotopic (exact) mass is 170 g/mol. The molecule has 0 N–H and O–H groups in total. The van der Waals surface area contributed by atoms with Gasteiger partial charge in [0.25, 0.3) is 0 Å². The van der Waals surface area contributed by atoms with E-state index in [2.05, 4.69) is 4.98 Å². The Morgan fingerprint density at radius 2 is 2.55 bits per heavy atom. The highest BCUT2D eigenvalue weighted by Crippen LogP contribution is 2.27. The lowest BCUT2D eigenvalue weighted by Crippen LogP contribution is -1.84. The van der Waals surface area contributed by atoms with Gasteiger partial charge in [-0.2, -0.15) is 0 Å². The zero-order valence-electron chi connectivity index (χ0n) is 5.18. The van der Waals surface area contributed by atoms with Crippen LogP contribution in [-0.2, 0) is 0 Å². The standard InChI is InChI=1S/C5H2N2O3S/c8-7(9)5-6-4-3(11-5)1-2-10-4/h1-2H. The molecular weight excluding hydrogens is 168 g/mol. The second kappa shape index (κ2) is 2.03. The lowest BCUT2D eigenvalue weighted by molar-refractivity contribution is -0.384. The summed E-state index contributed by atoms with van der Waals surface area (Å²) in [5, 5.41) is 10.1.